The Morgan fingerprint density at radius 3 is 2.88 bits per heavy atom. The summed E-state index contributed by atoms with van der Waals surface area (Å²) in [5, 5.41) is -0.269. The van der Waals surface area contributed by atoms with Crippen LogP contribution in [0.25, 0.3) is 0 Å². The first-order chi connectivity index (χ1) is 8.15. The molecule has 17 heavy (non-hydrogen) atoms. The van der Waals surface area contributed by atoms with Gasteiger partial charge < -0.3 is 4.74 Å². The minimum absolute atomic E-state index is 0.269. The van der Waals surface area contributed by atoms with Crippen LogP contribution in [0.2, 0.25) is 0 Å². The lowest BCUT2D eigenvalue weighted by Crippen LogP contribution is -2.34. The second kappa shape index (κ2) is 5.19. The standard InChI is InChI=1S/C15H19OSi/c1-3-6-13-7-8-14(12(2)11-13)15(17)9-4-5-10-16-15/h3,7-8,11H,1,4-6,9-10H2,2H3. The van der Waals surface area contributed by atoms with Crippen molar-refractivity contribution in [2.75, 3.05) is 6.61 Å². The van der Waals surface area contributed by atoms with Crippen LogP contribution in [0, 0.1) is 6.92 Å². The predicted octanol–water partition coefficient (Wildman–Crippen LogP) is 3.25. The number of hydrogen-bond acceptors (Lipinski definition) is 1. The van der Waals surface area contributed by atoms with Crippen LogP contribution in [0.1, 0.15) is 36.0 Å². The van der Waals surface area contributed by atoms with Crippen molar-refractivity contribution < 1.29 is 4.74 Å². The predicted molar refractivity (Wildman–Crippen MR) is 72.3 cm³/mol. The largest absolute Gasteiger partial charge is 0.375 e. The van der Waals surface area contributed by atoms with Crippen LogP contribution in [0.15, 0.2) is 30.9 Å². The van der Waals surface area contributed by atoms with Gasteiger partial charge in [-0.3, -0.25) is 0 Å². The number of benzene rings is 1. The lowest BCUT2D eigenvalue weighted by atomic mass is 9.94. The van der Waals surface area contributed by atoms with Gasteiger partial charge >= 0.3 is 0 Å². The molecule has 0 amide bonds. The summed E-state index contributed by atoms with van der Waals surface area (Å²) in [6, 6.07) is 6.59. The van der Waals surface area contributed by atoms with Gasteiger partial charge in [-0.1, -0.05) is 24.3 Å². The molecule has 2 rings (SSSR count). The molecule has 3 radical (unpaired) electrons. The maximum absolute atomic E-state index is 5.93. The van der Waals surface area contributed by atoms with Crippen molar-refractivity contribution in [2.24, 2.45) is 0 Å². The number of hydrogen-bond donors (Lipinski definition) is 0. The summed E-state index contributed by atoms with van der Waals surface area (Å²) in [6.07, 6.45) is 6.30. The third-order valence-corrected chi connectivity index (χ3v) is 4.04. The lowest BCUT2D eigenvalue weighted by molar-refractivity contribution is -0.0213. The highest BCUT2D eigenvalue weighted by Gasteiger charge is 2.31. The van der Waals surface area contributed by atoms with Gasteiger partial charge in [0, 0.05) is 6.61 Å². The molecule has 1 saturated heterocycles. The Morgan fingerprint density at radius 1 is 1.47 bits per heavy atom. The quantitative estimate of drug-likeness (QED) is 0.585. The van der Waals surface area contributed by atoms with Gasteiger partial charge in [-0.05, 0) is 49.3 Å². The first-order valence-electron chi connectivity index (χ1n) is 6.25. The Kier molecular flexibility index (Phi) is 3.85. The molecule has 1 heterocycles. The summed E-state index contributed by atoms with van der Waals surface area (Å²) in [6.45, 7) is 6.78. The Bertz CT molecular complexity index is 405. The molecule has 1 aromatic rings. The van der Waals surface area contributed by atoms with Gasteiger partial charge in [-0.25, -0.2) is 0 Å². The first-order valence-corrected chi connectivity index (χ1v) is 6.75. The van der Waals surface area contributed by atoms with Crippen LogP contribution in [-0.4, -0.2) is 16.8 Å². The molecule has 0 N–H and O–H groups in total. The van der Waals surface area contributed by atoms with E-state index in [9.17, 15) is 0 Å². The fraction of sp³-hybridized carbons (Fsp3) is 0.467. The Balaban J connectivity index is 2.28. The van der Waals surface area contributed by atoms with Crippen LogP contribution >= 0.6 is 0 Å². The smallest absolute Gasteiger partial charge is 0.0773 e. The molecule has 2 heteroatoms. The molecule has 0 aliphatic carbocycles. The van der Waals surface area contributed by atoms with E-state index in [1.165, 1.54) is 29.5 Å². The summed E-state index contributed by atoms with van der Waals surface area (Å²) < 4.78 is 5.93. The van der Waals surface area contributed by atoms with Crippen LogP contribution in [-0.2, 0) is 16.4 Å². The molecule has 1 nitrogen and oxygen atoms in total. The molecular formula is C15H19OSi. The minimum Gasteiger partial charge on any atom is -0.375 e. The van der Waals surface area contributed by atoms with Crippen LogP contribution in [0.3, 0.4) is 0 Å². The van der Waals surface area contributed by atoms with Gasteiger partial charge in [-0.2, -0.15) is 0 Å². The summed E-state index contributed by atoms with van der Waals surface area (Å²) in [5.41, 5.74) is 3.87. The van der Waals surface area contributed by atoms with Gasteiger partial charge in [0.25, 0.3) is 0 Å². The van der Waals surface area contributed by atoms with E-state index in [-0.39, 0.29) is 5.22 Å². The summed E-state index contributed by atoms with van der Waals surface area (Å²) >= 11 is 0. The SMILES string of the molecule is C=CCc1ccc(C2([Si])CCCCO2)c(C)c1. The maximum Gasteiger partial charge on any atom is 0.0773 e. The van der Waals surface area contributed by atoms with Crippen LogP contribution in [0.4, 0.5) is 0 Å². The van der Waals surface area contributed by atoms with E-state index in [0.717, 1.165) is 19.4 Å². The molecule has 1 aliphatic heterocycles. The fourth-order valence-corrected chi connectivity index (χ4v) is 3.04. The Hall–Kier alpha value is -0.863. The third-order valence-electron chi connectivity index (χ3n) is 3.38. The van der Waals surface area contributed by atoms with Crippen molar-refractivity contribution in [1.29, 1.82) is 0 Å². The first kappa shape index (κ1) is 12.6. The lowest BCUT2D eigenvalue weighted by Gasteiger charge is -2.35. The Labute approximate surface area is 107 Å². The molecule has 1 unspecified atom stereocenters. The highest BCUT2D eigenvalue weighted by atomic mass is 28.1. The van der Waals surface area contributed by atoms with E-state index in [2.05, 4.69) is 41.9 Å². The van der Waals surface area contributed by atoms with Crippen molar-refractivity contribution >= 4 is 10.2 Å². The van der Waals surface area contributed by atoms with Crippen molar-refractivity contribution in [3.63, 3.8) is 0 Å². The summed E-state index contributed by atoms with van der Waals surface area (Å²) in [4.78, 5) is 0. The van der Waals surface area contributed by atoms with Gasteiger partial charge in [0.15, 0.2) is 0 Å². The zero-order valence-corrected chi connectivity index (χ0v) is 11.5. The average molecular weight is 243 g/mol. The number of ether oxygens (including phenoxy) is 1. The number of allylic oxidation sites excluding steroid dienone is 1. The zero-order chi connectivity index (χ0) is 12.3. The third kappa shape index (κ3) is 2.69. The Morgan fingerprint density at radius 2 is 2.29 bits per heavy atom. The molecule has 89 valence electrons. The van der Waals surface area contributed by atoms with Crippen molar-refractivity contribution in [3.8, 4) is 0 Å². The molecule has 0 aromatic heterocycles. The number of rotatable bonds is 3. The number of aryl methyl sites for hydroxylation is 1. The monoisotopic (exact) mass is 243 g/mol. The van der Waals surface area contributed by atoms with Crippen molar-refractivity contribution in [2.45, 2.75) is 37.8 Å². The summed E-state index contributed by atoms with van der Waals surface area (Å²) in [7, 11) is 3.83. The molecule has 1 aliphatic rings. The molecule has 0 saturated carbocycles. The molecule has 1 aromatic carbocycles. The van der Waals surface area contributed by atoms with Gasteiger partial charge in [0.05, 0.1) is 15.5 Å². The maximum atomic E-state index is 5.93. The highest BCUT2D eigenvalue weighted by Crippen LogP contribution is 2.34. The van der Waals surface area contributed by atoms with Crippen LogP contribution in [0.5, 0.6) is 0 Å². The topological polar surface area (TPSA) is 9.23 Å². The van der Waals surface area contributed by atoms with Gasteiger partial charge in [-0.15, -0.1) is 6.58 Å². The minimum atomic E-state index is -0.269. The van der Waals surface area contributed by atoms with Crippen molar-refractivity contribution in [3.05, 3.63) is 47.5 Å². The normalized spacial score (nSPS) is 24.6. The average Bonchev–Trinajstić information content (AvgIpc) is 2.30. The van der Waals surface area contributed by atoms with E-state index in [1.54, 1.807) is 0 Å². The second-order valence-electron chi connectivity index (χ2n) is 4.77. The second-order valence-corrected chi connectivity index (χ2v) is 5.58. The summed E-state index contributed by atoms with van der Waals surface area (Å²) in [5.74, 6) is 0. The van der Waals surface area contributed by atoms with E-state index in [4.69, 9.17) is 4.74 Å². The van der Waals surface area contributed by atoms with E-state index in [1.807, 2.05) is 6.08 Å². The van der Waals surface area contributed by atoms with E-state index in [0.29, 0.717) is 0 Å². The highest BCUT2D eigenvalue weighted by molar-refractivity contribution is 6.15. The van der Waals surface area contributed by atoms with Gasteiger partial charge in [0.2, 0.25) is 0 Å². The van der Waals surface area contributed by atoms with Gasteiger partial charge in [0.1, 0.15) is 0 Å². The van der Waals surface area contributed by atoms with Crippen molar-refractivity contribution in [1.82, 2.24) is 0 Å². The fourth-order valence-electron chi connectivity index (χ4n) is 2.48. The zero-order valence-electron chi connectivity index (χ0n) is 10.5. The molecule has 0 bridgehead atoms. The van der Waals surface area contributed by atoms with E-state index >= 15 is 0 Å². The van der Waals surface area contributed by atoms with Crippen LogP contribution < -0.4 is 0 Å². The molecule has 0 spiro atoms. The van der Waals surface area contributed by atoms with E-state index < -0.39 is 0 Å². The molecule has 1 atom stereocenters. The molecule has 1 fully saturated rings. The molecular weight excluding hydrogens is 224 g/mol.